The Bertz CT molecular complexity index is 558. The zero-order valence-corrected chi connectivity index (χ0v) is 9.99. The number of aryl methyl sites for hydroxylation is 1. The summed E-state index contributed by atoms with van der Waals surface area (Å²) in [7, 11) is 0. The van der Waals surface area contributed by atoms with Gasteiger partial charge in [0.25, 0.3) is 0 Å². The standard InChI is InChI=1S/C13H11F3O3/c1-6-2-3-7-8(4-6)12(19)13(16,5-9(17)18)11(15)10(7)14/h2-4,10-11H,5H2,1H3,(H,17,18). The molecule has 0 aromatic heterocycles. The Labute approximate surface area is 107 Å². The lowest BCUT2D eigenvalue weighted by atomic mass is 9.76. The third-order valence-corrected chi connectivity index (χ3v) is 3.23. The van der Waals surface area contributed by atoms with E-state index in [9.17, 15) is 22.8 Å². The maximum atomic E-state index is 14.3. The first-order valence-electron chi connectivity index (χ1n) is 5.61. The van der Waals surface area contributed by atoms with Crippen molar-refractivity contribution in [2.45, 2.75) is 31.4 Å². The summed E-state index contributed by atoms with van der Waals surface area (Å²) < 4.78 is 42.0. The maximum Gasteiger partial charge on any atom is 0.307 e. The molecular formula is C13H11F3O3. The van der Waals surface area contributed by atoms with E-state index in [1.165, 1.54) is 18.2 Å². The lowest BCUT2D eigenvalue weighted by Gasteiger charge is -2.34. The molecule has 0 heterocycles. The summed E-state index contributed by atoms with van der Waals surface area (Å²) in [5, 5.41) is 8.57. The Kier molecular flexibility index (Phi) is 3.12. The van der Waals surface area contributed by atoms with Crippen molar-refractivity contribution in [1.82, 2.24) is 0 Å². The van der Waals surface area contributed by atoms with Crippen molar-refractivity contribution in [3.8, 4) is 0 Å². The monoisotopic (exact) mass is 272 g/mol. The van der Waals surface area contributed by atoms with Crippen LogP contribution in [0.1, 0.15) is 34.1 Å². The van der Waals surface area contributed by atoms with Gasteiger partial charge >= 0.3 is 5.97 Å². The molecule has 3 atom stereocenters. The highest BCUT2D eigenvalue weighted by Gasteiger charge is 2.57. The number of fused-ring (bicyclic) bond motifs is 1. The molecule has 0 saturated carbocycles. The van der Waals surface area contributed by atoms with E-state index in [1.54, 1.807) is 6.92 Å². The summed E-state index contributed by atoms with van der Waals surface area (Å²) >= 11 is 0. The number of carboxylic acids is 1. The molecule has 0 fully saturated rings. The van der Waals surface area contributed by atoms with Crippen molar-refractivity contribution in [3.63, 3.8) is 0 Å². The van der Waals surface area contributed by atoms with Crippen molar-refractivity contribution >= 4 is 11.8 Å². The molecular weight excluding hydrogens is 261 g/mol. The fourth-order valence-electron chi connectivity index (χ4n) is 2.24. The van der Waals surface area contributed by atoms with Crippen LogP contribution in [-0.2, 0) is 4.79 Å². The van der Waals surface area contributed by atoms with E-state index in [0.717, 1.165) is 0 Å². The van der Waals surface area contributed by atoms with E-state index in [4.69, 9.17) is 5.11 Å². The molecule has 3 nitrogen and oxygen atoms in total. The van der Waals surface area contributed by atoms with Crippen LogP contribution in [0.3, 0.4) is 0 Å². The molecule has 1 aromatic rings. The van der Waals surface area contributed by atoms with Gasteiger partial charge < -0.3 is 5.11 Å². The average Bonchev–Trinajstić information content (AvgIpc) is 2.33. The zero-order valence-electron chi connectivity index (χ0n) is 9.99. The second kappa shape index (κ2) is 4.36. The third kappa shape index (κ3) is 2.01. The zero-order chi connectivity index (χ0) is 14.4. The summed E-state index contributed by atoms with van der Waals surface area (Å²) in [6.45, 7) is 1.61. The minimum atomic E-state index is -3.36. The molecule has 0 spiro atoms. The van der Waals surface area contributed by atoms with Crippen molar-refractivity contribution in [1.29, 1.82) is 0 Å². The summed E-state index contributed by atoms with van der Waals surface area (Å²) in [5.74, 6) is -3.00. The minimum Gasteiger partial charge on any atom is -0.481 e. The molecule has 102 valence electrons. The minimum absolute atomic E-state index is 0.234. The Hall–Kier alpha value is -1.85. The first-order valence-corrected chi connectivity index (χ1v) is 5.61. The molecule has 2 rings (SSSR count). The average molecular weight is 272 g/mol. The third-order valence-electron chi connectivity index (χ3n) is 3.23. The second-order valence-electron chi connectivity index (χ2n) is 4.66. The highest BCUT2D eigenvalue weighted by Crippen LogP contribution is 2.44. The van der Waals surface area contributed by atoms with Crippen LogP contribution in [0, 0.1) is 6.92 Å². The molecule has 0 amide bonds. The van der Waals surface area contributed by atoms with Crippen LogP contribution >= 0.6 is 0 Å². The molecule has 1 N–H and O–H groups in total. The number of hydrogen-bond acceptors (Lipinski definition) is 2. The maximum absolute atomic E-state index is 14.3. The number of carbonyl (C=O) groups excluding carboxylic acids is 1. The molecule has 0 aliphatic heterocycles. The number of benzene rings is 1. The molecule has 6 heteroatoms. The Morgan fingerprint density at radius 3 is 2.63 bits per heavy atom. The van der Waals surface area contributed by atoms with E-state index in [2.05, 4.69) is 0 Å². The number of carbonyl (C=O) groups is 2. The van der Waals surface area contributed by atoms with Crippen molar-refractivity contribution in [2.75, 3.05) is 0 Å². The fraction of sp³-hybridized carbons (Fsp3) is 0.385. The quantitative estimate of drug-likeness (QED) is 0.900. The topological polar surface area (TPSA) is 54.4 Å². The van der Waals surface area contributed by atoms with Gasteiger partial charge in [-0.1, -0.05) is 17.7 Å². The van der Waals surface area contributed by atoms with E-state index in [0.29, 0.717) is 5.56 Å². The normalized spacial score (nSPS) is 30.0. The van der Waals surface area contributed by atoms with Crippen LogP contribution in [0.5, 0.6) is 0 Å². The van der Waals surface area contributed by atoms with Gasteiger partial charge in [0.15, 0.2) is 12.3 Å². The summed E-state index contributed by atoms with van der Waals surface area (Å²) in [5.41, 5.74) is -3.30. The molecule has 1 aliphatic rings. The smallest absolute Gasteiger partial charge is 0.307 e. The van der Waals surface area contributed by atoms with Gasteiger partial charge in [-0.25, -0.2) is 13.2 Å². The van der Waals surface area contributed by atoms with Gasteiger partial charge in [-0.2, -0.15) is 0 Å². The van der Waals surface area contributed by atoms with Gasteiger partial charge in [0.1, 0.15) is 0 Å². The predicted octanol–water partition coefficient (Wildman–Crippen LogP) is 2.72. The van der Waals surface area contributed by atoms with Gasteiger partial charge in [-0.05, 0) is 18.6 Å². The predicted molar refractivity (Wildman–Crippen MR) is 60.3 cm³/mol. The number of rotatable bonds is 2. The first kappa shape index (κ1) is 13.6. The number of hydrogen-bond donors (Lipinski definition) is 1. The molecule has 1 aromatic carbocycles. The largest absolute Gasteiger partial charge is 0.481 e. The van der Waals surface area contributed by atoms with Crippen molar-refractivity contribution < 1.29 is 27.9 Å². The summed E-state index contributed by atoms with van der Waals surface area (Å²) in [6, 6.07) is 3.94. The van der Waals surface area contributed by atoms with E-state index in [-0.39, 0.29) is 11.1 Å². The van der Waals surface area contributed by atoms with Gasteiger partial charge in [0, 0.05) is 5.56 Å². The SMILES string of the molecule is Cc1ccc2c(c1)C(=O)C(F)(CC(=O)O)C(F)C2F. The number of ketones is 1. The summed E-state index contributed by atoms with van der Waals surface area (Å²) in [4.78, 5) is 22.5. The molecule has 0 radical (unpaired) electrons. The van der Waals surface area contributed by atoms with E-state index in [1.807, 2.05) is 0 Å². The van der Waals surface area contributed by atoms with Crippen LogP contribution in [0.15, 0.2) is 18.2 Å². The van der Waals surface area contributed by atoms with Crippen LogP contribution in [-0.4, -0.2) is 28.7 Å². The van der Waals surface area contributed by atoms with Gasteiger partial charge in [-0.3, -0.25) is 9.59 Å². The Morgan fingerprint density at radius 2 is 2.05 bits per heavy atom. The first-order chi connectivity index (χ1) is 8.77. The van der Waals surface area contributed by atoms with Gasteiger partial charge in [0.05, 0.1) is 6.42 Å². The van der Waals surface area contributed by atoms with Crippen molar-refractivity contribution in [3.05, 3.63) is 34.9 Å². The number of halogens is 3. The summed E-state index contributed by atoms with van der Waals surface area (Å²) in [6.07, 6.45) is -6.55. The highest BCUT2D eigenvalue weighted by molar-refractivity contribution is 6.07. The fourth-order valence-corrected chi connectivity index (χ4v) is 2.24. The van der Waals surface area contributed by atoms with Gasteiger partial charge in [0.2, 0.25) is 11.5 Å². The van der Waals surface area contributed by atoms with Gasteiger partial charge in [-0.15, -0.1) is 0 Å². The van der Waals surface area contributed by atoms with E-state index >= 15 is 0 Å². The Balaban J connectivity index is 2.58. The van der Waals surface area contributed by atoms with Crippen LogP contribution in [0.25, 0.3) is 0 Å². The molecule has 1 aliphatic carbocycles. The number of Topliss-reactive ketones (excluding diaryl/α,β-unsaturated/α-hetero) is 1. The Morgan fingerprint density at radius 1 is 1.42 bits per heavy atom. The molecule has 19 heavy (non-hydrogen) atoms. The van der Waals surface area contributed by atoms with E-state index < -0.39 is 36.2 Å². The lowest BCUT2D eigenvalue weighted by Crippen LogP contribution is -2.50. The highest BCUT2D eigenvalue weighted by atomic mass is 19.2. The van der Waals surface area contributed by atoms with Crippen LogP contribution in [0.2, 0.25) is 0 Å². The second-order valence-corrected chi connectivity index (χ2v) is 4.66. The van der Waals surface area contributed by atoms with Crippen molar-refractivity contribution in [2.24, 2.45) is 0 Å². The van der Waals surface area contributed by atoms with Crippen LogP contribution < -0.4 is 0 Å². The molecule has 0 bridgehead atoms. The number of alkyl halides is 3. The molecule has 0 saturated heterocycles. The lowest BCUT2D eigenvalue weighted by molar-refractivity contribution is -0.141. The van der Waals surface area contributed by atoms with Crippen LogP contribution in [0.4, 0.5) is 13.2 Å². The number of aliphatic carboxylic acids is 1. The molecule has 3 unspecified atom stereocenters. The number of carboxylic acid groups (broad SMARTS) is 1.